The summed E-state index contributed by atoms with van der Waals surface area (Å²) < 4.78 is 0. The van der Waals surface area contributed by atoms with E-state index in [1.165, 1.54) is 5.57 Å². The van der Waals surface area contributed by atoms with Crippen molar-refractivity contribution < 1.29 is 0 Å². The van der Waals surface area contributed by atoms with Crippen molar-refractivity contribution >= 4 is 29.3 Å². The molecule has 0 fully saturated rings. The van der Waals surface area contributed by atoms with Crippen LogP contribution in [-0.4, -0.2) is 13.1 Å². The van der Waals surface area contributed by atoms with E-state index in [-0.39, 0.29) is 0 Å². The molecule has 0 bridgehead atoms. The maximum atomic E-state index is 6.18. The quantitative estimate of drug-likeness (QED) is 0.823. The number of halogens is 2. The maximum absolute atomic E-state index is 6.18. The average Bonchev–Trinajstić information content (AvgIpc) is 2.29. The molecule has 1 N–H and O–H groups in total. The molecule has 0 aliphatic carbocycles. The molecule has 1 nitrogen and oxygen atoms in total. The summed E-state index contributed by atoms with van der Waals surface area (Å²) >= 11 is 12.2. The Bertz CT molecular complexity index is 397. The van der Waals surface area contributed by atoms with Crippen LogP contribution in [0.1, 0.15) is 26.3 Å². The topological polar surface area (TPSA) is 12.0 Å². The minimum atomic E-state index is 0.490. The molecule has 0 unspecified atom stereocenters. The van der Waals surface area contributed by atoms with Crippen LogP contribution in [0, 0.1) is 5.92 Å². The van der Waals surface area contributed by atoms with Gasteiger partial charge >= 0.3 is 0 Å². The van der Waals surface area contributed by atoms with Crippen LogP contribution in [0.25, 0.3) is 6.08 Å². The van der Waals surface area contributed by atoms with E-state index < -0.39 is 0 Å². The molecular formula is C14H19Cl2N. The van der Waals surface area contributed by atoms with E-state index in [0.717, 1.165) is 18.7 Å². The van der Waals surface area contributed by atoms with Crippen molar-refractivity contribution in [3.8, 4) is 0 Å². The Labute approximate surface area is 114 Å². The fourth-order valence-corrected chi connectivity index (χ4v) is 1.89. The average molecular weight is 272 g/mol. The zero-order chi connectivity index (χ0) is 12.8. The van der Waals surface area contributed by atoms with Gasteiger partial charge in [0.15, 0.2) is 0 Å². The summed E-state index contributed by atoms with van der Waals surface area (Å²) in [6.45, 7) is 8.32. The summed E-state index contributed by atoms with van der Waals surface area (Å²) in [6.07, 6.45) is 2.13. The van der Waals surface area contributed by atoms with E-state index in [1.54, 1.807) is 6.07 Å². The first-order valence-electron chi connectivity index (χ1n) is 5.91. The molecule has 0 atom stereocenters. The molecule has 0 aliphatic heterocycles. The minimum Gasteiger partial charge on any atom is -0.313 e. The van der Waals surface area contributed by atoms with Gasteiger partial charge < -0.3 is 5.32 Å². The molecule has 0 aliphatic rings. The van der Waals surface area contributed by atoms with Gasteiger partial charge in [0.1, 0.15) is 0 Å². The molecule has 17 heavy (non-hydrogen) atoms. The molecule has 0 aromatic heterocycles. The van der Waals surface area contributed by atoms with E-state index in [2.05, 4.69) is 32.2 Å². The van der Waals surface area contributed by atoms with Gasteiger partial charge in [-0.15, -0.1) is 0 Å². The van der Waals surface area contributed by atoms with E-state index in [4.69, 9.17) is 23.2 Å². The highest BCUT2D eigenvalue weighted by Gasteiger charge is 2.06. The molecule has 0 spiro atoms. The van der Waals surface area contributed by atoms with Crippen LogP contribution in [0.2, 0.25) is 10.0 Å². The Morgan fingerprint density at radius 3 is 2.65 bits per heavy atom. The van der Waals surface area contributed by atoms with Gasteiger partial charge in [0, 0.05) is 6.54 Å². The van der Waals surface area contributed by atoms with Crippen molar-refractivity contribution in [1.82, 2.24) is 5.32 Å². The Balaban J connectivity index is 3.00. The van der Waals surface area contributed by atoms with Crippen LogP contribution in [0.4, 0.5) is 0 Å². The maximum Gasteiger partial charge on any atom is 0.0664 e. The molecule has 3 heteroatoms. The van der Waals surface area contributed by atoms with Crippen molar-refractivity contribution in [2.75, 3.05) is 13.1 Å². The number of likely N-dealkylation sites (N-methyl/N-ethyl adjacent to an activating group) is 1. The predicted octanol–water partition coefficient (Wildman–Crippen LogP) is 4.64. The van der Waals surface area contributed by atoms with Crippen molar-refractivity contribution in [3.05, 3.63) is 39.4 Å². The summed E-state index contributed by atoms with van der Waals surface area (Å²) in [5, 5.41) is 4.57. The van der Waals surface area contributed by atoms with Gasteiger partial charge in [-0.05, 0) is 24.1 Å². The molecule has 0 heterocycles. The second kappa shape index (κ2) is 7.05. The SMILES string of the molecule is CCNCC(=Cc1cccc(Cl)c1Cl)C(C)C. The van der Waals surface area contributed by atoms with E-state index >= 15 is 0 Å². The van der Waals surface area contributed by atoms with Crippen LogP contribution >= 0.6 is 23.2 Å². The summed E-state index contributed by atoms with van der Waals surface area (Å²) in [5.74, 6) is 0.490. The number of hydrogen-bond donors (Lipinski definition) is 1. The smallest absolute Gasteiger partial charge is 0.0664 e. The molecule has 1 rings (SSSR count). The third kappa shape index (κ3) is 4.34. The summed E-state index contributed by atoms with van der Waals surface area (Å²) in [5.41, 5.74) is 2.32. The van der Waals surface area contributed by atoms with Gasteiger partial charge in [0.25, 0.3) is 0 Å². The molecule has 0 radical (unpaired) electrons. The third-order valence-electron chi connectivity index (χ3n) is 2.64. The Kier molecular flexibility index (Phi) is 6.04. The van der Waals surface area contributed by atoms with Crippen molar-refractivity contribution in [2.45, 2.75) is 20.8 Å². The molecule has 0 saturated carbocycles. The number of rotatable bonds is 5. The third-order valence-corrected chi connectivity index (χ3v) is 3.48. The van der Waals surface area contributed by atoms with Crippen molar-refractivity contribution in [2.24, 2.45) is 5.92 Å². The fraction of sp³-hybridized carbons (Fsp3) is 0.429. The number of hydrogen-bond acceptors (Lipinski definition) is 1. The lowest BCUT2D eigenvalue weighted by Crippen LogP contribution is -2.18. The lowest BCUT2D eigenvalue weighted by atomic mass is 10.00. The first-order valence-corrected chi connectivity index (χ1v) is 6.67. The lowest BCUT2D eigenvalue weighted by molar-refractivity contribution is 0.682. The highest BCUT2D eigenvalue weighted by molar-refractivity contribution is 6.42. The monoisotopic (exact) mass is 271 g/mol. The Morgan fingerprint density at radius 1 is 1.35 bits per heavy atom. The summed E-state index contributed by atoms with van der Waals surface area (Å²) in [7, 11) is 0. The first kappa shape index (κ1) is 14.6. The minimum absolute atomic E-state index is 0.490. The van der Waals surface area contributed by atoms with Gasteiger partial charge in [-0.3, -0.25) is 0 Å². The van der Waals surface area contributed by atoms with E-state index in [1.807, 2.05) is 12.1 Å². The van der Waals surface area contributed by atoms with Crippen LogP contribution in [-0.2, 0) is 0 Å². The van der Waals surface area contributed by atoms with Gasteiger partial charge in [-0.1, -0.05) is 67.8 Å². The van der Waals surface area contributed by atoms with Crippen molar-refractivity contribution in [1.29, 1.82) is 0 Å². The Hall–Kier alpha value is -0.500. The zero-order valence-electron chi connectivity index (χ0n) is 10.6. The molecule has 0 saturated heterocycles. The lowest BCUT2D eigenvalue weighted by Gasteiger charge is -2.13. The first-order chi connectivity index (χ1) is 8.06. The van der Waals surface area contributed by atoms with Gasteiger partial charge in [0.2, 0.25) is 0 Å². The summed E-state index contributed by atoms with van der Waals surface area (Å²) in [6, 6.07) is 5.72. The van der Waals surface area contributed by atoms with Gasteiger partial charge in [-0.2, -0.15) is 0 Å². The number of benzene rings is 1. The summed E-state index contributed by atoms with van der Waals surface area (Å²) in [4.78, 5) is 0. The van der Waals surface area contributed by atoms with Crippen LogP contribution in [0.3, 0.4) is 0 Å². The second-order valence-electron chi connectivity index (χ2n) is 4.30. The predicted molar refractivity (Wildman–Crippen MR) is 77.8 cm³/mol. The van der Waals surface area contributed by atoms with Crippen LogP contribution < -0.4 is 5.32 Å². The highest BCUT2D eigenvalue weighted by Crippen LogP contribution is 2.28. The van der Waals surface area contributed by atoms with Gasteiger partial charge in [-0.25, -0.2) is 0 Å². The van der Waals surface area contributed by atoms with Crippen molar-refractivity contribution in [3.63, 3.8) is 0 Å². The van der Waals surface area contributed by atoms with Gasteiger partial charge in [0.05, 0.1) is 10.0 Å². The van der Waals surface area contributed by atoms with Crippen LogP contribution in [0.5, 0.6) is 0 Å². The fourth-order valence-electron chi connectivity index (χ4n) is 1.52. The molecule has 0 amide bonds. The molecule has 94 valence electrons. The molecule has 1 aromatic rings. The standard InChI is InChI=1S/C14H19Cl2N/c1-4-17-9-12(10(2)3)8-11-6-5-7-13(15)14(11)16/h5-8,10,17H,4,9H2,1-3H3. The normalized spacial score (nSPS) is 12.2. The Morgan fingerprint density at radius 2 is 2.06 bits per heavy atom. The second-order valence-corrected chi connectivity index (χ2v) is 5.08. The van der Waals surface area contributed by atoms with Crippen LogP contribution in [0.15, 0.2) is 23.8 Å². The molecular weight excluding hydrogens is 253 g/mol. The largest absolute Gasteiger partial charge is 0.313 e. The van der Waals surface area contributed by atoms with E-state index in [9.17, 15) is 0 Å². The zero-order valence-corrected chi connectivity index (χ0v) is 12.1. The number of nitrogens with one attached hydrogen (secondary N) is 1. The molecule has 1 aromatic carbocycles. The van der Waals surface area contributed by atoms with E-state index in [0.29, 0.717) is 16.0 Å². The highest BCUT2D eigenvalue weighted by atomic mass is 35.5.